The van der Waals surface area contributed by atoms with Gasteiger partial charge in [0, 0.05) is 0 Å². The van der Waals surface area contributed by atoms with E-state index in [1.54, 1.807) is 6.92 Å². The van der Waals surface area contributed by atoms with Gasteiger partial charge in [0.1, 0.15) is 0 Å². The van der Waals surface area contributed by atoms with Crippen molar-refractivity contribution in [3.05, 3.63) is 35.4 Å². The maximum atomic E-state index is 13.9. The number of halogens is 11. The summed E-state index contributed by atoms with van der Waals surface area (Å²) >= 11 is 0. The summed E-state index contributed by atoms with van der Waals surface area (Å²) in [6, 6.07) is 4.75. The van der Waals surface area contributed by atoms with Crippen molar-refractivity contribution in [3.8, 4) is 0 Å². The lowest BCUT2D eigenvalue weighted by Gasteiger charge is -2.39. The molecule has 0 amide bonds. The molecule has 28 heavy (non-hydrogen) atoms. The summed E-state index contributed by atoms with van der Waals surface area (Å²) in [4.78, 5) is 0. The highest BCUT2D eigenvalue weighted by Crippen LogP contribution is 2.59. The molecule has 0 saturated heterocycles. The van der Waals surface area contributed by atoms with Crippen molar-refractivity contribution in [2.45, 2.75) is 62.2 Å². The Labute approximate surface area is 152 Å². The van der Waals surface area contributed by atoms with Gasteiger partial charge in [-0.1, -0.05) is 31.2 Å². The molecule has 0 aliphatic carbocycles. The van der Waals surface area contributed by atoms with Crippen molar-refractivity contribution in [3.63, 3.8) is 0 Å². The predicted octanol–water partition coefficient (Wildman–Crippen LogP) is 5.95. The van der Waals surface area contributed by atoms with E-state index in [-0.39, 0.29) is 0 Å². The lowest BCUT2D eigenvalue weighted by molar-refractivity contribution is -0.424. The van der Waals surface area contributed by atoms with Gasteiger partial charge in [-0.25, -0.2) is 0 Å². The third-order valence-electron chi connectivity index (χ3n) is 4.13. The second kappa shape index (κ2) is 7.03. The zero-order valence-corrected chi connectivity index (χ0v) is 14.3. The normalized spacial score (nSPS) is 16.8. The molecule has 0 saturated carbocycles. The Morgan fingerprint density at radius 1 is 0.786 bits per heavy atom. The summed E-state index contributed by atoms with van der Waals surface area (Å²) < 4.78 is 143. The van der Waals surface area contributed by atoms with Crippen LogP contribution in [0.5, 0.6) is 0 Å². The van der Waals surface area contributed by atoms with Crippen molar-refractivity contribution in [1.82, 2.24) is 0 Å². The largest absolute Gasteiger partial charge is 0.460 e. The molecule has 1 unspecified atom stereocenters. The van der Waals surface area contributed by atoms with Gasteiger partial charge >= 0.3 is 29.9 Å². The van der Waals surface area contributed by atoms with E-state index in [1.165, 1.54) is 12.1 Å². The van der Waals surface area contributed by atoms with Crippen LogP contribution in [0.15, 0.2) is 24.3 Å². The van der Waals surface area contributed by atoms with Crippen molar-refractivity contribution in [2.24, 2.45) is 0 Å². The van der Waals surface area contributed by atoms with Gasteiger partial charge < -0.3 is 5.11 Å². The monoisotopic (exact) mass is 432 g/mol. The maximum absolute atomic E-state index is 13.9. The average Bonchev–Trinajstić information content (AvgIpc) is 2.52. The molecule has 0 fully saturated rings. The summed E-state index contributed by atoms with van der Waals surface area (Å²) in [5, 5.41) is 10.1. The Bertz CT molecular complexity index is 692. The molecule has 0 radical (unpaired) electrons. The second-order valence-electron chi connectivity index (χ2n) is 6.43. The molecule has 1 N–H and O–H groups in total. The van der Waals surface area contributed by atoms with Gasteiger partial charge in [-0.3, -0.25) is 0 Å². The van der Waals surface area contributed by atoms with E-state index in [0.29, 0.717) is 18.9 Å². The van der Waals surface area contributed by atoms with Gasteiger partial charge in [0.15, 0.2) is 0 Å². The topological polar surface area (TPSA) is 20.2 Å². The highest BCUT2D eigenvalue weighted by atomic mass is 19.4. The quantitative estimate of drug-likeness (QED) is 0.528. The van der Waals surface area contributed by atoms with Gasteiger partial charge in [-0.2, -0.15) is 48.3 Å². The molecule has 162 valence electrons. The molecular weight excluding hydrogens is 417 g/mol. The molecule has 12 heteroatoms. The van der Waals surface area contributed by atoms with E-state index in [4.69, 9.17) is 0 Å². The number of alkyl halides is 11. The fraction of sp³-hybridized carbons (Fsp3) is 0.625. The number of hydrogen-bond acceptors (Lipinski definition) is 1. The highest BCUT2D eigenvalue weighted by molar-refractivity contribution is 5.28. The van der Waals surface area contributed by atoms with E-state index in [9.17, 15) is 53.4 Å². The summed E-state index contributed by atoms with van der Waals surface area (Å²) in [6.07, 6.45) is -9.44. The van der Waals surface area contributed by atoms with Gasteiger partial charge in [0.05, 0.1) is 12.0 Å². The van der Waals surface area contributed by atoms with E-state index in [1.807, 2.05) is 0 Å². The summed E-state index contributed by atoms with van der Waals surface area (Å²) in [7, 11) is 0. The van der Waals surface area contributed by atoms with Crippen LogP contribution in [-0.2, 0) is 12.0 Å². The SMILES string of the molecule is CCc1cccc(C(C)(O)CC(F)(F)C(F)(F)C(F)(F)C(F)(F)C(F)(F)F)c1. The molecule has 0 aliphatic heterocycles. The van der Waals surface area contributed by atoms with Crippen LogP contribution in [0.3, 0.4) is 0 Å². The fourth-order valence-electron chi connectivity index (χ4n) is 2.38. The standard InChI is InChI=1S/C16H15F11O/c1-3-9-5-4-6-10(7-9)11(2,28)8-12(17,18)13(19,20)14(21,22)15(23,24)16(25,26)27/h4-7,28H,3,8H2,1-2H3. The zero-order valence-electron chi connectivity index (χ0n) is 14.3. The van der Waals surface area contributed by atoms with Crippen LogP contribution in [0.2, 0.25) is 0 Å². The first-order valence-corrected chi connectivity index (χ1v) is 7.64. The second-order valence-corrected chi connectivity index (χ2v) is 6.43. The van der Waals surface area contributed by atoms with Crippen LogP contribution in [0.1, 0.15) is 31.4 Å². The number of rotatable bonds is 7. The number of hydrogen-bond donors (Lipinski definition) is 1. The highest BCUT2D eigenvalue weighted by Gasteiger charge is 2.87. The Hall–Kier alpha value is -1.59. The Morgan fingerprint density at radius 3 is 1.71 bits per heavy atom. The van der Waals surface area contributed by atoms with Gasteiger partial charge in [-0.05, 0) is 24.5 Å². The molecule has 0 spiro atoms. The molecule has 1 aromatic rings. The first-order valence-electron chi connectivity index (χ1n) is 7.64. The van der Waals surface area contributed by atoms with Crippen LogP contribution in [0, 0.1) is 0 Å². The number of benzene rings is 1. The van der Waals surface area contributed by atoms with E-state index in [2.05, 4.69) is 0 Å². The minimum atomic E-state index is -7.48. The smallest absolute Gasteiger partial charge is 0.385 e. The van der Waals surface area contributed by atoms with Gasteiger partial charge in [0.25, 0.3) is 0 Å². The Balaban J connectivity index is 3.35. The van der Waals surface area contributed by atoms with Crippen LogP contribution in [0.4, 0.5) is 48.3 Å². The molecule has 1 atom stereocenters. The lowest BCUT2D eigenvalue weighted by atomic mass is 9.84. The summed E-state index contributed by atoms with van der Waals surface area (Å²) in [6.45, 7) is 2.13. The van der Waals surface area contributed by atoms with Gasteiger partial charge in [0.2, 0.25) is 0 Å². The summed E-state index contributed by atoms with van der Waals surface area (Å²) in [5.41, 5.74) is -2.95. The number of aliphatic hydroxyl groups is 1. The van der Waals surface area contributed by atoms with E-state index >= 15 is 0 Å². The molecule has 1 aromatic carbocycles. The first kappa shape index (κ1) is 24.4. The molecule has 0 aromatic heterocycles. The first-order chi connectivity index (χ1) is 12.2. The van der Waals surface area contributed by atoms with Crippen LogP contribution in [0.25, 0.3) is 0 Å². The van der Waals surface area contributed by atoms with Crippen molar-refractivity contribution in [1.29, 1.82) is 0 Å². The maximum Gasteiger partial charge on any atom is 0.460 e. The van der Waals surface area contributed by atoms with Crippen molar-refractivity contribution < 1.29 is 53.4 Å². The molecular formula is C16H15F11O. The van der Waals surface area contributed by atoms with E-state index < -0.39 is 47.5 Å². The fourth-order valence-corrected chi connectivity index (χ4v) is 2.38. The molecule has 1 rings (SSSR count). The average molecular weight is 432 g/mol. The Morgan fingerprint density at radius 2 is 1.29 bits per heavy atom. The van der Waals surface area contributed by atoms with E-state index in [0.717, 1.165) is 12.1 Å². The summed E-state index contributed by atoms with van der Waals surface area (Å²) in [5.74, 6) is -28.2. The van der Waals surface area contributed by atoms with Crippen LogP contribution >= 0.6 is 0 Å². The van der Waals surface area contributed by atoms with Crippen LogP contribution in [-0.4, -0.2) is 35.0 Å². The minimum absolute atomic E-state index is 0.312. The zero-order chi connectivity index (χ0) is 22.4. The van der Waals surface area contributed by atoms with Crippen molar-refractivity contribution in [2.75, 3.05) is 0 Å². The predicted molar refractivity (Wildman–Crippen MR) is 75.9 cm³/mol. The van der Waals surface area contributed by atoms with Gasteiger partial charge in [-0.15, -0.1) is 0 Å². The molecule has 1 nitrogen and oxygen atoms in total. The van der Waals surface area contributed by atoms with Crippen LogP contribution < -0.4 is 0 Å². The third kappa shape index (κ3) is 3.92. The number of aryl methyl sites for hydroxylation is 1. The van der Waals surface area contributed by atoms with Crippen molar-refractivity contribution >= 4 is 0 Å². The Kier molecular flexibility index (Phi) is 6.14. The molecule has 0 aliphatic rings. The minimum Gasteiger partial charge on any atom is -0.385 e. The third-order valence-corrected chi connectivity index (χ3v) is 4.13. The molecule has 0 heterocycles. The molecule has 0 bridgehead atoms. The lowest BCUT2D eigenvalue weighted by Crippen LogP contribution is -2.67.